The molecule has 1 aliphatic rings. The Labute approximate surface area is 239 Å². The number of aromatic nitrogens is 3. The highest BCUT2D eigenvalue weighted by Crippen LogP contribution is 2.32. The molecule has 2 aromatic heterocycles. The molecule has 10 nitrogen and oxygen atoms in total. The third-order valence-corrected chi connectivity index (χ3v) is 8.58. The highest BCUT2D eigenvalue weighted by atomic mass is 32.2. The molecule has 1 aliphatic heterocycles. The molecule has 0 fully saturated rings. The highest BCUT2D eigenvalue weighted by Gasteiger charge is 2.26. The number of ether oxygens (including phenoxy) is 1. The minimum absolute atomic E-state index is 0.0195. The molecular formula is C28H25FN6O4S2. The van der Waals surface area contributed by atoms with Gasteiger partial charge >= 0.3 is 0 Å². The maximum atomic E-state index is 14.1. The van der Waals surface area contributed by atoms with Crippen LogP contribution in [0.25, 0.3) is 16.6 Å². The van der Waals surface area contributed by atoms with Gasteiger partial charge in [0.25, 0.3) is 11.1 Å². The van der Waals surface area contributed by atoms with E-state index in [0.717, 1.165) is 10.5 Å². The Hall–Kier alpha value is -4.41. The van der Waals surface area contributed by atoms with Crippen molar-refractivity contribution in [2.75, 3.05) is 25.1 Å². The first-order valence-electron chi connectivity index (χ1n) is 12.6. The van der Waals surface area contributed by atoms with Gasteiger partial charge in [0.05, 0.1) is 27.5 Å². The van der Waals surface area contributed by atoms with Crippen LogP contribution in [0.5, 0.6) is 5.19 Å². The molecule has 0 saturated heterocycles. The third kappa shape index (κ3) is 6.34. The molecule has 1 unspecified atom stereocenters. The van der Waals surface area contributed by atoms with Crippen LogP contribution >= 0.6 is 11.3 Å². The molecule has 4 aromatic rings. The molecule has 1 atom stereocenters. The van der Waals surface area contributed by atoms with Crippen molar-refractivity contribution in [1.82, 2.24) is 19.4 Å². The van der Waals surface area contributed by atoms with Gasteiger partial charge in [-0.2, -0.15) is 5.26 Å². The zero-order chi connectivity index (χ0) is 29.1. The molecule has 2 aromatic carbocycles. The topological polar surface area (TPSA) is 142 Å². The Kier molecular flexibility index (Phi) is 7.96. The summed E-state index contributed by atoms with van der Waals surface area (Å²) in [5.74, 6) is -0.593. The van der Waals surface area contributed by atoms with Crippen molar-refractivity contribution in [3.05, 3.63) is 81.9 Å². The van der Waals surface area contributed by atoms with Crippen LogP contribution in [-0.4, -0.2) is 60.9 Å². The number of imidazole rings is 1. The van der Waals surface area contributed by atoms with E-state index >= 15 is 0 Å². The summed E-state index contributed by atoms with van der Waals surface area (Å²) in [5.41, 5.74) is 3.12. The van der Waals surface area contributed by atoms with Gasteiger partial charge in [0.1, 0.15) is 18.7 Å². The molecule has 0 spiro atoms. The quantitative estimate of drug-likeness (QED) is 0.282. The number of nitrogens with one attached hydrogen (secondary N) is 1. The van der Waals surface area contributed by atoms with Crippen molar-refractivity contribution in [3.63, 3.8) is 0 Å². The number of thiazole rings is 1. The van der Waals surface area contributed by atoms with Gasteiger partial charge < -0.3 is 14.2 Å². The fraction of sp³-hybridized carbons (Fsp3) is 0.250. The van der Waals surface area contributed by atoms with Gasteiger partial charge in [-0.25, -0.2) is 14.4 Å². The van der Waals surface area contributed by atoms with Crippen LogP contribution in [0, 0.1) is 21.9 Å². The summed E-state index contributed by atoms with van der Waals surface area (Å²) in [4.78, 5) is 36.2. The minimum atomic E-state index is -2.81. The van der Waals surface area contributed by atoms with Gasteiger partial charge in [0.15, 0.2) is 5.82 Å². The fourth-order valence-corrected chi connectivity index (χ4v) is 5.80. The fourth-order valence-electron chi connectivity index (χ4n) is 4.43. The SMILES string of the molecule is CS(=N)(=O)CCn1c(C(=O)N2CC=C(c3cnc(OCc4ccc(C#N)cc4F)s3)CC2)nc2ccc(C=O)cc21. The molecule has 1 N–H and O–H groups in total. The number of carbonyl (C=O) groups is 2. The smallest absolute Gasteiger partial charge is 0.290 e. The Morgan fingerprint density at radius 3 is 2.83 bits per heavy atom. The van der Waals surface area contributed by atoms with Crippen molar-refractivity contribution in [2.24, 2.45) is 0 Å². The van der Waals surface area contributed by atoms with Crippen LogP contribution in [0.4, 0.5) is 4.39 Å². The number of aldehydes is 1. The maximum Gasteiger partial charge on any atom is 0.290 e. The predicted molar refractivity (Wildman–Crippen MR) is 153 cm³/mol. The standard InChI is InChI=1S/C28H25FN6O4S2/c1-41(31,38)11-10-35-24-13-19(16-36)3-5-23(24)33-26(35)27(37)34-8-6-20(7-9-34)25-15-32-28(40-25)39-17-21-4-2-18(14-30)12-22(21)29/h2-6,12-13,15-16,31H,7-11,17H2,1H3. The number of nitrogens with zero attached hydrogens (tertiary/aromatic N) is 5. The van der Waals surface area contributed by atoms with Crippen LogP contribution in [0.1, 0.15) is 43.4 Å². The molecule has 0 saturated carbocycles. The van der Waals surface area contributed by atoms with Crippen molar-refractivity contribution in [2.45, 2.75) is 19.6 Å². The third-order valence-electron chi connectivity index (χ3n) is 6.63. The Morgan fingerprint density at radius 1 is 1.32 bits per heavy atom. The van der Waals surface area contributed by atoms with Crippen molar-refractivity contribution < 1.29 is 22.9 Å². The van der Waals surface area contributed by atoms with E-state index in [0.29, 0.717) is 53.2 Å². The normalized spacial score (nSPS) is 14.8. The number of fused-ring (bicyclic) bond motifs is 1. The average molecular weight is 593 g/mol. The summed E-state index contributed by atoms with van der Waals surface area (Å²) >= 11 is 1.33. The van der Waals surface area contributed by atoms with Gasteiger partial charge in [-0.1, -0.05) is 23.5 Å². The van der Waals surface area contributed by atoms with Gasteiger partial charge in [-0.05, 0) is 42.3 Å². The van der Waals surface area contributed by atoms with E-state index in [9.17, 15) is 18.2 Å². The number of nitriles is 1. The van der Waals surface area contributed by atoms with Gasteiger partial charge in [-0.3, -0.25) is 18.6 Å². The van der Waals surface area contributed by atoms with Gasteiger partial charge in [0.2, 0.25) is 0 Å². The lowest BCUT2D eigenvalue weighted by atomic mass is 10.1. The summed E-state index contributed by atoms with van der Waals surface area (Å²) in [6.07, 6.45) is 6.26. The van der Waals surface area contributed by atoms with E-state index in [4.69, 9.17) is 14.8 Å². The number of hydrogen-bond donors (Lipinski definition) is 1. The second kappa shape index (κ2) is 11.6. The van der Waals surface area contributed by atoms with Crippen LogP contribution in [-0.2, 0) is 22.9 Å². The molecule has 5 rings (SSSR count). The maximum absolute atomic E-state index is 14.1. The Balaban J connectivity index is 1.29. The predicted octanol–water partition coefficient (Wildman–Crippen LogP) is 4.50. The van der Waals surface area contributed by atoms with Crippen molar-refractivity contribution >= 4 is 49.9 Å². The monoisotopic (exact) mass is 592 g/mol. The van der Waals surface area contributed by atoms with Crippen molar-refractivity contribution in [3.8, 4) is 11.3 Å². The number of rotatable bonds is 9. The van der Waals surface area contributed by atoms with Crippen LogP contribution < -0.4 is 4.74 Å². The number of benzene rings is 2. The van der Waals surface area contributed by atoms with Gasteiger partial charge in [0, 0.05) is 58.7 Å². The molecule has 41 heavy (non-hydrogen) atoms. The molecule has 13 heteroatoms. The van der Waals surface area contributed by atoms with E-state index in [1.165, 1.54) is 35.8 Å². The number of halogens is 1. The molecule has 1 amide bonds. The summed E-state index contributed by atoms with van der Waals surface area (Å²) in [6.45, 7) is 0.906. The number of carbonyl (C=O) groups excluding carboxylic acids is 2. The Bertz CT molecular complexity index is 1840. The van der Waals surface area contributed by atoms with Crippen LogP contribution in [0.3, 0.4) is 0 Å². The zero-order valence-corrected chi connectivity index (χ0v) is 23.6. The van der Waals surface area contributed by atoms with Crippen LogP contribution in [0.2, 0.25) is 0 Å². The summed E-state index contributed by atoms with van der Waals surface area (Å²) in [5, 5.41) is 9.27. The van der Waals surface area contributed by atoms with E-state index < -0.39 is 15.5 Å². The zero-order valence-electron chi connectivity index (χ0n) is 22.0. The second-order valence-corrected chi connectivity index (χ2v) is 13.0. The molecule has 210 valence electrons. The number of hydrogen-bond acceptors (Lipinski definition) is 9. The minimum Gasteiger partial charge on any atom is -0.465 e. The Morgan fingerprint density at radius 2 is 2.15 bits per heavy atom. The largest absolute Gasteiger partial charge is 0.465 e. The number of aryl methyl sites for hydroxylation is 1. The van der Waals surface area contributed by atoms with E-state index in [1.54, 1.807) is 33.9 Å². The van der Waals surface area contributed by atoms with E-state index in [2.05, 4.69) is 9.97 Å². The molecule has 0 bridgehead atoms. The molecule has 0 aliphatic carbocycles. The molecule has 3 heterocycles. The van der Waals surface area contributed by atoms with E-state index in [1.807, 2.05) is 12.1 Å². The van der Waals surface area contributed by atoms with Crippen LogP contribution in [0.15, 0.2) is 48.7 Å². The number of amides is 1. The highest BCUT2D eigenvalue weighted by molar-refractivity contribution is 7.91. The summed E-state index contributed by atoms with van der Waals surface area (Å²) in [7, 11) is -2.81. The average Bonchev–Trinajstić information content (AvgIpc) is 3.59. The lowest BCUT2D eigenvalue weighted by Crippen LogP contribution is -2.36. The molecular weight excluding hydrogens is 567 g/mol. The second-order valence-electron chi connectivity index (χ2n) is 9.59. The summed E-state index contributed by atoms with van der Waals surface area (Å²) in [6, 6.07) is 11.0. The molecule has 0 radical (unpaired) electrons. The summed E-state index contributed by atoms with van der Waals surface area (Å²) < 4.78 is 41.3. The first-order valence-corrected chi connectivity index (χ1v) is 15.5. The first-order chi connectivity index (χ1) is 19.6. The van der Waals surface area contributed by atoms with Crippen molar-refractivity contribution in [1.29, 1.82) is 10.0 Å². The first kappa shape index (κ1) is 28.1. The lowest BCUT2D eigenvalue weighted by molar-refractivity contribution is 0.0756. The lowest BCUT2D eigenvalue weighted by Gasteiger charge is -2.26. The van der Waals surface area contributed by atoms with Gasteiger partial charge in [-0.15, -0.1) is 0 Å². The van der Waals surface area contributed by atoms with E-state index in [-0.39, 0.29) is 36.2 Å².